The molecule has 0 aliphatic heterocycles. The van der Waals surface area contributed by atoms with Gasteiger partial charge in [-0.05, 0) is 29.8 Å². The Morgan fingerprint density at radius 3 is 2.45 bits per heavy atom. The van der Waals surface area contributed by atoms with Crippen molar-refractivity contribution in [3.8, 4) is 5.75 Å². The molecule has 0 atom stereocenters. The maximum atomic E-state index is 13.5. The van der Waals surface area contributed by atoms with Crippen LogP contribution in [0.1, 0.15) is 11.1 Å². The monoisotopic (exact) mass is 329 g/mol. The van der Waals surface area contributed by atoms with Gasteiger partial charge in [-0.2, -0.15) is 0 Å². The van der Waals surface area contributed by atoms with E-state index in [0.717, 1.165) is 0 Å². The zero-order valence-electron chi connectivity index (χ0n) is 10.2. The van der Waals surface area contributed by atoms with Gasteiger partial charge in [-0.1, -0.05) is 47.6 Å². The summed E-state index contributed by atoms with van der Waals surface area (Å²) in [7, 11) is 0. The number of halogens is 3. The second-order valence-corrected chi connectivity index (χ2v) is 5.27. The van der Waals surface area contributed by atoms with Crippen LogP contribution in [0.15, 0.2) is 36.4 Å². The van der Waals surface area contributed by atoms with Gasteiger partial charge in [0.15, 0.2) is 5.75 Å². The molecule has 0 amide bonds. The van der Waals surface area contributed by atoms with Crippen molar-refractivity contribution in [1.82, 2.24) is 0 Å². The number of benzene rings is 2. The molecule has 2 nitrogen and oxygen atoms in total. The first kappa shape index (κ1) is 15.0. The van der Waals surface area contributed by atoms with E-state index in [4.69, 9.17) is 45.9 Å². The molecule has 2 rings (SSSR count). The van der Waals surface area contributed by atoms with E-state index in [1.165, 1.54) is 6.07 Å². The highest BCUT2D eigenvalue weighted by Gasteiger charge is 2.09. The molecule has 0 fully saturated rings. The molecule has 0 aliphatic carbocycles. The van der Waals surface area contributed by atoms with Crippen molar-refractivity contribution in [2.75, 3.05) is 0 Å². The van der Waals surface area contributed by atoms with Crippen molar-refractivity contribution < 1.29 is 9.13 Å². The lowest BCUT2D eigenvalue weighted by Gasteiger charge is -2.10. The van der Waals surface area contributed by atoms with Crippen molar-refractivity contribution in [2.24, 2.45) is 5.73 Å². The van der Waals surface area contributed by atoms with Gasteiger partial charge in [-0.15, -0.1) is 0 Å². The van der Waals surface area contributed by atoms with E-state index < -0.39 is 5.82 Å². The zero-order valence-corrected chi connectivity index (χ0v) is 12.5. The Hall–Kier alpha value is -1.36. The molecule has 0 aliphatic rings. The van der Waals surface area contributed by atoms with Crippen molar-refractivity contribution in [3.05, 3.63) is 63.4 Å². The largest absolute Gasteiger partial charge is 0.486 e. The summed E-state index contributed by atoms with van der Waals surface area (Å²) in [4.78, 5) is 0.000117. The molecule has 0 spiro atoms. The van der Waals surface area contributed by atoms with E-state index >= 15 is 0 Å². The maximum absolute atomic E-state index is 13.5. The molecule has 0 heterocycles. The highest BCUT2D eigenvalue weighted by molar-refractivity contribution is 7.80. The minimum Gasteiger partial charge on any atom is -0.486 e. The molecule has 6 heteroatoms. The van der Waals surface area contributed by atoms with Gasteiger partial charge in [0.2, 0.25) is 0 Å². The van der Waals surface area contributed by atoms with Gasteiger partial charge in [0.05, 0.1) is 10.0 Å². The third kappa shape index (κ3) is 3.39. The molecule has 0 bridgehead atoms. The maximum Gasteiger partial charge on any atom is 0.156 e. The van der Waals surface area contributed by atoms with Gasteiger partial charge in [0, 0.05) is 5.56 Å². The molecule has 2 aromatic carbocycles. The van der Waals surface area contributed by atoms with E-state index in [1.807, 2.05) is 0 Å². The number of hydrogen-bond acceptors (Lipinski definition) is 2. The number of rotatable bonds is 4. The summed E-state index contributed by atoms with van der Waals surface area (Å²) in [5.74, 6) is -0.0749. The molecular formula is C14H10Cl2FNOS. The average molecular weight is 330 g/mol. The number of thiocarbonyl (C=S) groups is 1. The Morgan fingerprint density at radius 2 is 1.85 bits per heavy atom. The van der Waals surface area contributed by atoms with Crippen molar-refractivity contribution in [1.29, 1.82) is 0 Å². The number of para-hydroxylation sites is 1. The Balaban J connectivity index is 2.19. The van der Waals surface area contributed by atoms with Gasteiger partial charge in [0.1, 0.15) is 17.4 Å². The summed E-state index contributed by atoms with van der Waals surface area (Å²) >= 11 is 16.8. The van der Waals surface area contributed by atoms with Crippen molar-refractivity contribution in [3.63, 3.8) is 0 Å². The molecule has 2 N–H and O–H groups in total. The molecular weight excluding hydrogens is 320 g/mol. The molecule has 0 radical (unpaired) electrons. The van der Waals surface area contributed by atoms with Crippen molar-refractivity contribution >= 4 is 40.4 Å². The molecule has 20 heavy (non-hydrogen) atoms. The fraction of sp³-hybridized carbons (Fsp3) is 0.0714. The first-order chi connectivity index (χ1) is 9.49. The van der Waals surface area contributed by atoms with Gasteiger partial charge >= 0.3 is 0 Å². The van der Waals surface area contributed by atoms with Crippen LogP contribution in [0.4, 0.5) is 4.39 Å². The fourth-order valence-electron chi connectivity index (χ4n) is 1.63. The highest BCUT2D eigenvalue weighted by atomic mass is 35.5. The third-order valence-electron chi connectivity index (χ3n) is 2.60. The van der Waals surface area contributed by atoms with E-state index in [1.54, 1.807) is 30.3 Å². The van der Waals surface area contributed by atoms with Crippen LogP contribution in [0.3, 0.4) is 0 Å². The van der Waals surface area contributed by atoms with E-state index in [-0.39, 0.29) is 17.2 Å². The summed E-state index contributed by atoms with van der Waals surface area (Å²) in [6, 6.07) is 9.49. The second kappa shape index (κ2) is 6.39. The van der Waals surface area contributed by atoms with Gasteiger partial charge in [-0.25, -0.2) is 4.39 Å². The standard InChI is InChI=1S/C14H10Cl2FNOS/c15-10-2-1-3-11(16)13(10)19-7-8-4-5-12(17)9(6-8)14(18)20/h1-6H,7H2,(H2,18,20). The number of nitrogens with two attached hydrogens (primary N) is 1. The van der Waals surface area contributed by atoms with Gasteiger partial charge < -0.3 is 10.5 Å². The first-order valence-electron chi connectivity index (χ1n) is 5.64. The van der Waals surface area contributed by atoms with Crippen LogP contribution in [0.25, 0.3) is 0 Å². The summed E-state index contributed by atoms with van der Waals surface area (Å²) in [5.41, 5.74) is 6.35. The van der Waals surface area contributed by atoms with Crippen LogP contribution >= 0.6 is 35.4 Å². The summed E-state index contributed by atoms with van der Waals surface area (Å²) in [6.07, 6.45) is 0. The molecule has 0 aromatic heterocycles. The average Bonchev–Trinajstić information content (AvgIpc) is 2.39. The minimum atomic E-state index is -0.461. The predicted octanol–water partition coefficient (Wildman–Crippen LogP) is 4.35. The summed E-state index contributed by atoms with van der Waals surface area (Å²) in [6.45, 7) is 0.180. The fourth-order valence-corrected chi connectivity index (χ4v) is 2.29. The van der Waals surface area contributed by atoms with Gasteiger partial charge in [-0.3, -0.25) is 0 Å². The molecule has 0 saturated heterocycles. The van der Waals surface area contributed by atoms with Crippen LogP contribution in [-0.4, -0.2) is 4.99 Å². The topological polar surface area (TPSA) is 35.2 Å². The smallest absolute Gasteiger partial charge is 0.156 e. The van der Waals surface area contributed by atoms with Crippen LogP contribution in [-0.2, 0) is 6.61 Å². The highest BCUT2D eigenvalue weighted by Crippen LogP contribution is 2.32. The van der Waals surface area contributed by atoms with Crippen LogP contribution < -0.4 is 10.5 Å². The Kier molecular flexibility index (Phi) is 4.81. The number of ether oxygens (including phenoxy) is 1. The summed E-state index contributed by atoms with van der Waals surface area (Å²) in [5, 5.41) is 0.823. The molecule has 0 unspecified atom stereocenters. The lowest BCUT2D eigenvalue weighted by atomic mass is 10.1. The van der Waals surface area contributed by atoms with E-state index in [2.05, 4.69) is 0 Å². The second-order valence-electron chi connectivity index (χ2n) is 4.02. The lowest BCUT2D eigenvalue weighted by Crippen LogP contribution is -2.12. The Labute approximate surface area is 131 Å². The summed E-state index contributed by atoms with van der Waals surface area (Å²) < 4.78 is 19.0. The van der Waals surface area contributed by atoms with Crippen LogP contribution in [0, 0.1) is 5.82 Å². The number of hydrogen-bond donors (Lipinski definition) is 1. The quantitative estimate of drug-likeness (QED) is 0.847. The van der Waals surface area contributed by atoms with Crippen molar-refractivity contribution in [2.45, 2.75) is 6.61 Å². The Morgan fingerprint density at radius 1 is 1.20 bits per heavy atom. The third-order valence-corrected chi connectivity index (χ3v) is 3.41. The molecule has 0 saturated carbocycles. The zero-order chi connectivity index (χ0) is 14.7. The molecule has 2 aromatic rings. The SMILES string of the molecule is NC(=S)c1cc(COc2c(Cl)cccc2Cl)ccc1F. The lowest BCUT2D eigenvalue weighted by molar-refractivity contribution is 0.306. The van der Waals surface area contributed by atoms with Gasteiger partial charge in [0.25, 0.3) is 0 Å². The molecule has 104 valence electrons. The van der Waals surface area contributed by atoms with E-state index in [9.17, 15) is 4.39 Å². The minimum absolute atomic E-state index is 0.000117. The Bertz CT molecular complexity index is 643. The van der Waals surface area contributed by atoms with Crippen LogP contribution in [0.5, 0.6) is 5.75 Å². The van der Waals surface area contributed by atoms with Crippen LogP contribution in [0.2, 0.25) is 10.0 Å². The van der Waals surface area contributed by atoms with E-state index in [0.29, 0.717) is 21.4 Å². The predicted molar refractivity (Wildman–Crippen MR) is 83.1 cm³/mol. The first-order valence-corrected chi connectivity index (χ1v) is 6.80. The normalized spacial score (nSPS) is 10.3.